The van der Waals surface area contributed by atoms with Crippen molar-refractivity contribution in [2.45, 2.75) is 25.2 Å². The van der Waals surface area contributed by atoms with Gasteiger partial charge in [0.1, 0.15) is 5.75 Å². The molecule has 162 valence electrons. The number of carbonyl (C=O) groups excluding carboxylic acids is 1. The van der Waals surface area contributed by atoms with Gasteiger partial charge in [0.2, 0.25) is 10.0 Å². The predicted molar refractivity (Wildman–Crippen MR) is 114 cm³/mol. The molecule has 0 aliphatic carbocycles. The Kier molecular flexibility index (Phi) is 7.47. The van der Waals surface area contributed by atoms with Gasteiger partial charge in [-0.25, -0.2) is 8.42 Å². The van der Waals surface area contributed by atoms with Gasteiger partial charge in [-0.3, -0.25) is 4.79 Å². The minimum Gasteiger partial charge on any atom is -0.494 e. The quantitative estimate of drug-likeness (QED) is 0.648. The van der Waals surface area contributed by atoms with E-state index in [0.717, 1.165) is 16.9 Å². The van der Waals surface area contributed by atoms with Crippen LogP contribution in [0.2, 0.25) is 0 Å². The molecule has 7 nitrogen and oxygen atoms in total. The third kappa shape index (κ3) is 5.59. The van der Waals surface area contributed by atoms with Crippen molar-refractivity contribution < 1.29 is 22.7 Å². The van der Waals surface area contributed by atoms with Crippen molar-refractivity contribution in [3.05, 3.63) is 59.2 Å². The largest absolute Gasteiger partial charge is 0.494 e. The van der Waals surface area contributed by atoms with Crippen molar-refractivity contribution in [1.82, 2.24) is 9.62 Å². The monoisotopic (exact) mass is 432 g/mol. The van der Waals surface area contributed by atoms with Crippen molar-refractivity contribution >= 4 is 15.9 Å². The number of nitrogens with zero attached hydrogens (tertiary/aromatic N) is 1. The molecule has 1 N–H and O–H groups in total. The molecule has 0 atom stereocenters. The standard InChI is InChI=1S/C22H28N2O5S/c1-17-5-3-6-19(15-17)29-12-4-9-23-22(25)21-16-20(8-7-18(21)2)30(26,27)24-10-13-28-14-11-24/h3,5-8,15-16H,4,9-14H2,1-2H3,(H,23,25). The van der Waals surface area contributed by atoms with E-state index in [1.54, 1.807) is 19.1 Å². The number of carbonyl (C=O) groups is 1. The Morgan fingerprint density at radius 2 is 1.90 bits per heavy atom. The van der Waals surface area contributed by atoms with Gasteiger partial charge in [0.15, 0.2) is 0 Å². The van der Waals surface area contributed by atoms with E-state index < -0.39 is 10.0 Å². The van der Waals surface area contributed by atoms with Gasteiger partial charge in [0.25, 0.3) is 5.91 Å². The van der Waals surface area contributed by atoms with Gasteiger partial charge in [-0.15, -0.1) is 0 Å². The molecule has 0 unspecified atom stereocenters. The molecule has 2 aromatic carbocycles. The van der Waals surface area contributed by atoms with E-state index in [4.69, 9.17) is 9.47 Å². The predicted octanol–water partition coefficient (Wildman–Crippen LogP) is 2.52. The molecule has 1 heterocycles. The Bertz CT molecular complexity index is 985. The molecule has 0 aromatic heterocycles. The molecule has 30 heavy (non-hydrogen) atoms. The first-order valence-electron chi connectivity index (χ1n) is 10.0. The van der Waals surface area contributed by atoms with E-state index in [1.807, 2.05) is 31.2 Å². The number of ether oxygens (including phenoxy) is 2. The van der Waals surface area contributed by atoms with E-state index in [9.17, 15) is 13.2 Å². The topological polar surface area (TPSA) is 84.9 Å². The number of hydrogen-bond donors (Lipinski definition) is 1. The van der Waals surface area contributed by atoms with E-state index in [1.165, 1.54) is 10.4 Å². The fraction of sp³-hybridized carbons (Fsp3) is 0.409. The summed E-state index contributed by atoms with van der Waals surface area (Å²) in [5.74, 6) is 0.514. The molecule has 0 radical (unpaired) electrons. The first-order chi connectivity index (χ1) is 14.4. The second kappa shape index (κ2) is 10.1. The Morgan fingerprint density at radius 3 is 2.63 bits per heavy atom. The summed E-state index contributed by atoms with van der Waals surface area (Å²) in [7, 11) is -3.64. The lowest BCUT2D eigenvalue weighted by atomic mass is 10.1. The highest BCUT2D eigenvalue weighted by Gasteiger charge is 2.27. The van der Waals surface area contributed by atoms with Gasteiger partial charge >= 0.3 is 0 Å². The van der Waals surface area contributed by atoms with Crippen LogP contribution in [-0.2, 0) is 14.8 Å². The lowest BCUT2D eigenvalue weighted by Gasteiger charge is -2.26. The molecular formula is C22H28N2O5S. The van der Waals surface area contributed by atoms with Gasteiger partial charge in [-0.1, -0.05) is 18.2 Å². The van der Waals surface area contributed by atoms with Crippen molar-refractivity contribution in [3.8, 4) is 5.75 Å². The van der Waals surface area contributed by atoms with Gasteiger partial charge in [0.05, 0.1) is 24.7 Å². The van der Waals surface area contributed by atoms with Gasteiger partial charge in [0, 0.05) is 25.2 Å². The molecule has 1 saturated heterocycles. The number of aryl methyl sites for hydroxylation is 2. The lowest BCUT2D eigenvalue weighted by molar-refractivity contribution is 0.0730. The number of nitrogens with one attached hydrogen (secondary N) is 1. The van der Waals surface area contributed by atoms with Crippen LogP contribution in [0.15, 0.2) is 47.4 Å². The Hall–Kier alpha value is -2.42. The second-order valence-electron chi connectivity index (χ2n) is 7.27. The Balaban J connectivity index is 1.57. The maximum Gasteiger partial charge on any atom is 0.251 e. The average Bonchev–Trinajstić information content (AvgIpc) is 2.74. The number of amides is 1. The van der Waals surface area contributed by atoms with Crippen LogP contribution >= 0.6 is 0 Å². The summed E-state index contributed by atoms with van der Waals surface area (Å²) in [5, 5.41) is 2.85. The maximum absolute atomic E-state index is 12.9. The zero-order valence-corrected chi connectivity index (χ0v) is 18.2. The average molecular weight is 433 g/mol. The second-order valence-corrected chi connectivity index (χ2v) is 9.21. The fourth-order valence-electron chi connectivity index (χ4n) is 3.21. The Morgan fingerprint density at radius 1 is 1.13 bits per heavy atom. The van der Waals surface area contributed by atoms with Crippen LogP contribution in [-0.4, -0.2) is 58.1 Å². The van der Waals surface area contributed by atoms with Crippen molar-refractivity contribution in [2.75, 3.05) is 39.5 Å². The SMILES string of the molecule is Cc1cccc(OCCCNC(=O)c2cc(S(=O)(=O)N3CCOCC3)ccc2C)c1. The van der Waals surface area contributed by atoms with E-state index in [2.05, 4.69) is 5.32 Å². The van der Waals surface area contributed by atoms with E-state index in [0.29, 0.717) is 51.4 Å². The van der Waals surface area contributed by atoms with Crippen LogP contribution in [0, 0.1) is 13.8 Å². The molecule has 1 fully saturated rings. The summed E-state index contributed by atoms with van der Waals surface area (Å²) >= 11 is 0. The number of sulfonamides is 1. The Labute approximate surface area is 178 Å². The maximum atomic E-state index is 12.9. The minimum atomic E-state index is -3.64. The highest BCUT2D eigenvalue weighted by atomic mass is 32.2. The highest BCUT2D eigenvalue weighted by Crippen LogP contribution is 2.20. The zero-order valence-electron chi connectivity index (χ0n) is 17.4. The minimum absolute atomic E-state index is 0.128. The van der Waals surface area contributed by atoms with Crippen LogP contribution in [0.5, 0.6) is 5.75 Å². The molecule has 0 spiro atoms. The lowest BCUT2D eigenvalue weighted by Crippen LogP contribution is -2.40. The van der Waals surface area contributed by atoms with E-state index >= 15 is 0 Å². The molecule has 0 bridgehead atoms. The number of morpholine rings is 1. The zero-order chi connectivity index (χ0) is 21.6. The van der Waals surface area contributed by atoms with Crippen molar-refractivity contribution in [1.29, 1.82) is 0 Å². The summed E-state index contributed by atoms with van der Waals surface area (Å²) in [6.45, 7) is 6.10. The molecule has 1 aliphatic heterocycles. The number of rotatable bonds is 8. The first-order valence-corrected chi connectivity index (χ1v) is 11.5. The summed E-state index contributed by atoms with van der Waals surface area (Å²) in [6.07, 6.45) is 0.643. The van der Waals surface area contributed by atoms with Gasteiger partial charge < -0.3 is 14.8 Å². The summed E-state index contributed by atoms with van der Waals surface area (Å²) < 4.78 is 38.0. The molecule has 1 aliphatic rings. The molecule has 1 amide bonds. The number of hydrogen-bond acceptors (Lipinski definition) is 5. The molecule has 0 saturated carbocycles. The first kappa shape index (κ1) is 22.3. The third-order valence-corrected chi connectivity index (χ3v) is 6.82. The smallest absolute Gasteiger partial charge is 0.251 e. The van der Waals surface area contributed by atoms with Gasteiger partial charge in [-0.05, 0) is 55.7 Å². The summed E-state index contributed by atoms with van der Waals surface area (Å²) in [5.41, 5.74) is 2.22. The van der Waals surface area contributed by atoms with Crippen LogP contribution in [0.3, 0.4) is 0 Å². The molecule has 8 heteroatoms. The summed E-state index contributed by atoms with van der Waals surface area (Å²) in [6, 6.07) is 12.5. The van der Waals surface area contributed by atoms with Crippen LogP contribution < -0.4 is 10.1 Å². The fourth-order valence-corrected chi connectivity index (χ4v) is 4.64. The van der Waals surface area contributed by atoms with Crippen LogP contribution in [0.4, 0.5) is 0 Å². The van der Waals surface area contributed by atoms with Crippen molar-refractivity contribution in [3.63, 3.8) is 0 Å². The molecular weight excluding hydrogens is 404 g/mol. The number of benzene rings is 2. The third-order valence-electron chi connectivity index (χ3n) is 4.93. The molecule has 3 rings (SSSR count). The van der Waals surface area contributed by atoms with Crippen LogP contribution in [0.1, 0.15) is 27.9 Å². The molecule has 2 aromatic rings. The highest BCUT2D eigenvalue weighted by molar-refractivity contribution is 7.89. The van der Waals surface area contributed by atoms with Gasteiger partial charge in [-0.2, -0.15) is 4.31 Å². The van der Waals surface area contributed by atoms with Crippen molar-refractivity contribution in [2.24, 2.45) is 0 Å². The summed E-state index contributed by atoms with van der Waals surface area (Å²) in [4.78, 5) is 12.7. The van der Waals surface area contributed by atoms with Crippen LogP contribution in [0.25, 0.3) is 0 Å². The normalized spacial score (nSPS) is 15.0. The van der Waals surface area contributed by atoms with E-state index in [-0.39, 0.29) is 10.8 Å².